The van der Waals surface area contributed by atoms with E-state index in [9.17, 15) is 19.5 Å². The Labute approximate surface area is 159 Å². The molecule has 0 fully saturated rings. The van der Waals surface area contributed by atoms with E-state index in [-0.39, 0.29) is 25.4 Å². The van der Waals surface area contributed by atoms with Crippen molar-refractivity contribution in [3.8, 4) is 0 Å². The van der Waals surface area contributed by atoms with Gasteiger partial charge in [-0.25, -0.2) is 4.79 Å². The second-order valence-electron chi connectivity index (χ2n) is 6.05. The number of hydrogen-bond acceptors (Lipinski definition) is 4. The van der Waals surface area contributed by atoms with Gasteiger partial charge in [0.2, 0.25) is 5.91 Å². The molecule has 0 spiro atoms. The van der Waals surface area contributed by atoms with Gasteiger partial charge in [0.1, 0.15) is 0 Å². The number of fused-ring (bicyclic) bond motifs is 1. The highest BCUT2D eigenvalue weighted by Gasteiger charge is 2.11. The molecule has 2 aromatic carbocycles. The second-order valence-corrected chi connectivity index (χ2v) is 6.49. The molecule has 0 aliphatic rings. The molecule has 0 bridgehead atoms. The Kier molecular flexibility index (Phi) is 5.73. The maximum atomic E-state index is 12.1. The van der Waals surface area contributed by atoms with Gasteiger partial charge in [-0.05, 0) is 29.8 Å². The van der Waals surface area contributed by atoms with Gasteiger partial charge in [0, 0.05) is 24.5 Å². The molecule has 0 aliphatic carbocycles. The van der Waals surface area contributed by atoms with Crippen LogP contribution in [0.4, 0.5) is 0 Å². The fourth-order valence-corrected chi connectivity index (χ4v) is 2.91. The van der Waals surface area contributed by atoms with E-state index in [2.05, 4.69) is 10.3 Å². The summed E-state index contributed by atoms with van der Waals surface area (Å²) in [6, 6.07) is 13.4. The molecule has 0 saturated carbocycles. The molecule has 1 aromatic heterocycles. The van der Waals surface area contributed by atoms with E-state index >= 15 is 0 Å². The maximum Gasteiger partial charge on any atom is 0.328 e. The summed E-state index contributed by atoms with van der Waals surface area (Å²) in [5, 5.41) is 13.7. The first-order valence-electron chi connectivity index (χ1n) is 8.38. The Morgan fingerprint density at radius 2 is 1.85 bits per heavy atom. The van der Waals surface area contributed by atoms with Crippen molar-refractivity contribution >= 4 is 28.4 Å². The lowest BCUT2D eigenvalue weighted by Crippen LogP contribution is -2.33. The minimum absolute atomic E-state index is 0.0310. The van der Waals surface area contributed by atoms with Crippen molar-refractivity contribution in [1.82, 2.24) is 14.9 Å². The number of carbonyl (C=O) groups excluding carboxylic acids is 1. The lowest BCUT2D eigenvalue weighted by atomic mass is 10.1. The van der Waals surface area contributed by atoms with Crippen molar-refractivity contribution in [2.24, 2.45) is 0 Å². The second kappa shape index (κ2) is 8.20. The number of carbonyl (C=O) groups is 1. The van der Waals surface area contributed by atoms with E-state index in [1.165, 1.54) is 4.57 Å². The molecule has 1 atom stereocenters. The number of benzene rings is 2. The van der Waals surface area contributed by atoms with Gasteiger partial charge in [-0.3, -0.25) is 19.1 Å². The lowest BCUT2D eigenvalue weighted by Gasteiger charge is -2.13. The minimum Gasteiger partial charge on any atom is -0.387 e. The number of para-hydroxylation sites is 1. The molecular weight excluding hydrogens is 370 g/mol. The summed E-state index contributed by atoms with van der Waals surface area (Å²) in [7, 11) is 0. The third-order valence-corrected chi connectivity index (χ3v) is 4.47. The molecule has 0 aliphatic heterocycles. The van der Waals surface area contributed by atoms with Crippen LogP contribution in [0.15, 0.2) is 58.1 Å². The Hall–Kier alpha value is -2.90. The number of aromatic amines is 1. The van der Waals surface area contributed by atoms with Gasteiger partial charge in [-0.15, -0.1) is 0 Å². The van der Waals surface area contributed by atoms with Gasteiger partial charge in [0.15, 0.2) is 0 Å². The van der Waals surface area contributed by atoms with E-state index in [0.29, 0.717) is 21.5 Å². The first kappa shape index (κ1) is 18.9. The van der Waals surface area contributed by atoms with Crippen LogP contribution in [0.2, 0.25) is 5.02 Å². The van der Waals surface area contributed by atoms with Crippen molar-refractivity contribution in [3.63, 3.8) is 0 Å². The van der Waals surface area contributed by atoms with Crippen molar-refractivity contribution < 1.29 is 9.90 Å². The maximum absolute atomic E-state index is 12.1. The third-order valence-electron chi connectivity index (χ3n) is 4.21. The van der Waals surface area contributed by atoms with Gasteiger partial charge in [0.05, 0.1) is 17.0 Å². The molecular formula is C19H18ClN3O4. The fraction of sp³-hybridized carbons (Fsp3) is 0.211. The molecule has 0 unspecified atom stereocenters. The quantitative estimate of drug-likeness (QED) is 0.597. The predicted molar refractivity (Wildman–Crippen MR) is 103 cm³/mol. The molecule has 3 N–H and O–H groups in total. The number of nitrogens with one attached hydrogen (secondary N) is 2. The SMILES string of the molecule is O=C(CCn1c(=O)[nH]c(=O)c2ccccc21)NC[C@H](O)c1ccc(Cl)cc1. The van der Waals surface area contributed by atoms with Gasteiger partial charge in [0.25, 0.3) is 5.56 Å². The standard InChI is InChI=1S/C19H18ClN3O4/c20-13-7-5-12(6-8-13)16(24)11-21-17(25)9-10-23-15-4-2-1-3-14(15)18(26)22-19(23)27/h1-8,16,24H,9-11H2,(H,21,25)(H,22,26,27)/t16-/m0/s1. The Balaban J connectivity index is 1.63. The summed E-state index contributed by atoms with van der Waals surface area (Å²) < 4.78 is 1.35. The molecule has 27 heavy (non-hydrogen) atoms. The van der Waals surface area contributed by atoms with Crippen LogP contribution in [0, 0.1) is 0 Å². The van der Waals surface area contributed by atoms with E-state index in [1.807, 2.05) is 0 Å². The molecule has 8 heteroatoms. The number of aryl methyl sites for hydroxylation is 1. The highest BCUT2D eigenvalue weighted by atomic mass is 35.5. The zero-order valence-corrected chi connectivity index (χ0v) is 15.1. The zero-order valence-electron chi connectivity index (χ0n) is 14.3. The molecule has 0 radical (unpaired) electrons. The largest absolute Gasteiger partial charge is 0.387 e. The van der Waals surface area contributed by atoms with Crippen LogP contribution in [0.1, 0.15) is 18.1 Å². The number of halogens is 1. The molecule has 7 nitrogen and oxygen atoms in total. The molecule has 3 rings (SSSR count). The smallest absolute Gasteiger partial charge is 0.328 e. The van der Waals surface area contributed by atoms with E-state index in [0.717, 1.165) is 0 Å². The van der Waals surface area contributed by atoms with Crippen LogP contribution in [-0.2, 0) is 11.3 Å². The molecule has 3 aromatic rings. The van der Waals surface area contributed by atoms with Crippen LogP contribution >= 0.6 is 11.6 Å². The number of aromatic nitrogens is 2. The number of aliphatic hydroxyl groups is 1. The number of nitrogens with zero attached hydrogens (tertiary/aromatic N) is 1. The Bertz CT molecular complexity index is 1070. The van der Waals surface area contributed by atoms with Crippen molar-refractivity contribution in [2.75, 3.05) is 6.54 Å². The van der Waals surface area contributed by atoms with Crippen LogP contribution in [0.25, 0.3) is 10.9 Å². The van der Waals surface area contributed by atoms with Crippen LogP contribution < -0.4 is 16.6 Å². The monoisotopic (exact) mass is 387 g/mol. The Morgan fingerprint density at radius 1 is 1.15 bits per heavy atom. The highest BCUT2D eigenvalue weighted by molar-refractivity contribution is 6.30. The molecule has 140 valence electrons. The van der Waals surface area contributed by atoms with E-state index < -0.39 is 17.4 Å². The first-order chi connectivity index (χ1) is 13.0. The van der Waals surface area contributed by atoms with Crippen LogP contribution in [0.3, 0.4) is 0 Å². The lowest BCUT2D eigenvalue weighted by molar-refractivity contribution is -0.121. The number of aliphatic hydroxyl groups excluding tert-OH is 1. The number of rotatable bonds is 6. The van der Waals surface area contributed by atoms with Crippen LogP contribution in [0.5, 0.6) is 0 Å². The number of amides is 1. The average Bonchev–Trinajstić information content (AvgIpc) is 2.66. The summed E-state index contributed by atoms with van der Waals surface area (Å²) in [5.74, 6) is -0.315. The van der Waals surface area contributed by atoms with Gasteiger partial charge < -0.3 is 10.4 Å². The number of H-pyrrole nitrogens is 1. The van der Waals surface area contributed by atoms with Crippen molar-refractivity contribution in [2.45, 2.75) is 19.1 Å². The van der Waals surface area contributed by atoms with Gasteiger partial charge in [-0.2, -0.15) is 0 Å². The van der Waals surface area contributed by atoms with Crippen LogP contribution in [-0.4, -0.2) is 27.1 Å². The summed E-state index contributed by atoms with van der Waals surface area (Å²) >= 11 is 5.81. The molecule has 1 amide bonds. The fourth-order valence-electron chi connectivity index (χ4n) is 2.78. The average molecular weight is 388 g/mol. The van der Waals surface area contributed by atoms with E-state index in [4.69, 9.17) is 11.6 Å². The van der Waals surface area contributed by atoms with Gasteiger partial charge >= 0.3 is 5.69 Å². The first-order valence-corrected chi connectivity index (χ1v) is 8.75. The Morgan fingerprint density at radius 3 is 2.59 bits per heavy atom. The topological polar surface area (TPSA) is 104 Å². The van der Waals surface area contributed by atoms with Gasteiger partial charge in [-0.1, -0.05) is 35.9 Å². The zero-order chi connectivity index (χ0) is 19.4. The summed E-state index contributed by atoms with van der Waals surface area (Å²) in [6.07, 6.45) is -0.827. The summed E-state index contributed by atoms with van der Waals surface area (Å²) in [6.45, 7) is 0.154. The third kappa shape index (κ3) is 4.45. The summed E-state index contributed by atoms with van der Waals surface area (Å²) in [5.41, 5.74) is 0.0953. The molecule has 1 heterocycles. The highest BCUT2D eigenvalue weighted by Crippen LogP contribution is 2.15. The normalized spacial score (nSPS) is 12.1. The molecule has 0 saturated heterocycles. The van der Waals surface area contributed by atoms with E-state index in [1.54, 1.807) is 48.5 Å². The summed E-state index contributed by atoms with van der Waals surface area (Å²) in [4.78, 5) is 38.3. The predicted octanol–water partition coefficient (Wildman–Crippen LogP) is 1.58. The van der Waals surface area contributed by atoms with Crippen molar-refractivity contribution in [1.29, 1.82) is 0 Å². The minimum atomic E-state index is -0.858. The van der Waals surface area contributed by atoms with Crippen molar-refractivity contribution in [3.05, 3.63) is 80.0 Å². The number of hydrogen-bond donors (Lipinski definition) is 3.